The van der Waals surface area contributed by atoms with Gasteiger partial charge in [-0.25, -0.2) is 10.0 Å². The molecule has 2 aliphatic heterocycles. The fraction of sp³-hybridized carbons (Fsp3) is 0.471. The molecule has 0 aromatic heterocycles. The van der Waals surface area contributed by atoms with Gasteiger partial charge in [0.2, 0.25) is 5.79 Å². The van der Waals surface area contributed by atoms with E-state index in [2.05, 4.69) is 15.7 Å². The highest BCUT2D eigenvalue weighted by Crippen LogP contribution is 2.35. The van der Waals surface area contributed by atoms with Crippen molar-refractivity contribution >= 4 is 18.7 Å². The van der Waals surface area contributed by atoms with Gasteiger partial charge < -0.3 is 20.0 Å². The standard InChI is InChI=1S/C17H23F3N5O2P/c1-28(2,26)13-5-3-12(4-6-13)17(21)22-11-14(16(18,19)20)15(23-17)24-25-7-9-27-10-8-25/h3-6,11,23-24H,7-10,21H2,1-2H3. The van der Waals surface area contributed by atoms with E-state index in [0.717, 1.165) is 6.21 Å². The van der Waals surface area contributed by atoms with Crippen LogP contribution in [0, 0.1) is 0 Å². The molecule has 1 atom stereocenters. The zero-order valence-corrected chi connectivity index (χ0v) is 16.5. The van der Waals surface area contributed by atoms with Crippen molar-refractivity contribution in [3.63, 3.8) is 0 Å². The number of hydrazine groups is 1. The first-order valence-corrected chi connectivity index (χ1v) is 11.3. The van der Waals surface area contributed by atoms with E-state index in [0.29, 0.717) is 37.2 Å². The predicted molar refractivity (Wildman–Crippen MR) is 102 cm³/mol. The maximum Gasteiger partial charge on any atom is 0.421 e. The first kappa shape index (κ1) is 20.9. The highest BCUT2D eigenvalue weighted by Gasteiger charge is 2.42. The van der Waals surface area contributed by atoms with E-state index < -0.39 is 24.7 Å². The predicted octanol–water partition coefficient (Wildman–Crippen LogP) is 1.29. The van der Waals surface area contributed by atoms with Gasteiger partial charge in [0.05, 0.1) is 13.2 Å². The van der Waals surface area contributed by atoms with Crippen molar-refractivity contribution in [3.05, 3.63) is 41.2 Å². The molecule has 0 radical (unpaired) electrons. The number of benzene rings is 1. The van der Waals surface area contributed by atoms with Crippen LogP contribution >= 0.6 is 7.14 Å². The second-order valence-electron chi connectivity index (χ2n) is 7.04. The second-order valence-corrected chi connectivity index (χ2v) is 10.3. The molecule has 1 fully saturated rings. The lowest BCUT2D eigenvalue weighted by atomic mass is 10.1. The summed E-state index contributed by atoms with van der Waals surface area (Å²) < 4.78 is 57.7. The summed E-state index contributed by atoms with van der Waals surface area (Å²) in [7, 11) is -2.46. The van der Waals surface area contributed by atoms with E-state index in [1.807, 2.05) is 0 Å². The molecule has 0 aliphatic carbocycles. The Morgan fingerprint density at radius 2 is 1.86 bits per heavy atom. The third-order valence-corrected chi connectivity index (χ3v) is 6.04. The average Bonchev–Trinajstić information content (AvgIpc) is 2.61. The van der Waals surface area contributed by atoms with Crippen molar-refractivity contribution in [2.24, 2.45) is 10.7 Å². The highest BCUT2D eigenvalue weighted by atomic mass is 31.2. The van der Waals surface area contributed by atoms with E-state index in [1.54, 1.807) is 42.6 Å². The summed E-state index contributed by atoms with van der Waals surface area (Å²) >= 11 is 0. The molecule has 3 rings (SSSR count). The number of alkyl halides is 3. The fourth-order valence-corrected chi connectivity index (χ4v) is 3.75. The van der Waals surface area contributed by atoms with Crippen LogP contribution in [0.25, 0.3) is 0 Å². The molecule has 2 heterocycles. The summed E-state index contributed by atoms with van der Waals surface area (Å²) in [6.07, 6.45) is -3.87. The van der Waals surface area contributed by atoms with Crippen LogP contribution in [0.5, 0.6) is 0 Å². The third-order valence-electron chi connectivity index (χ3n) is 4.50. The molecule has 2 aliphatic rings. The molecule has 1 aromatic rings. The van der Waals surface area contributed by atoms with Gasteiger partial charge in [0.25, 0.3) is 0 Å². The number of nitrogens with zero attached hydrogens (tertiary/aromatic N) is 2. The normalized spacial score (nSPS) is 24.2. The summed E-state index contributed by atoms with van der Waals surface area (Å²) in [5.74, 6) is -1.86. The van der Waals surface area contributed by atoms with Gasteiger partial charge >= 0.3 is 6.18 Å². The van der Waals surface area contributed by atoms with Crippen molar-refractivity contribution in [3.8, 4) is 0 Å². The molecule has 1 unspecified atom stereocenters. The van der Waals surface area contributed by atoms with Crippen LogP contribution in [-0.4, -0.2) is 57.0 Å². The minimum Gasteiger partial charge on any atom is -0.379 e. The van der Waals surface area contributed by atoms with Gasteiger partial charge in [0, 0.05) is 30.2 Å². The first-order chi connectivity index (χ1) is 13.0. The van der Waals surface area contributed by atoms with Crippen molar-refractivity contribution in [1.29, 1.82) is 0 Å². The van der Waals surface area contributed by atoms with Gasteiger partial charge in [0.15, 0.2) is 0 Å². The summed E-state index contributed by atoms with van der Waals surface area (Å²) in [6.45, 7) is 4.97. The van der Waals surface area contributed by atoms with Crippen LogP contribution < -0.4 is 21.8 Å². The number of hydrogen-bond donors (Lipinski definition) is 3. The number of allylic oxidation sites excluding steroid dienone is 1. The largest absolute Gasteiger partial charge is 0.421 e. The van der Waals surface area contributed by atoms with E-state index in [9.17, 15) is 17.7 Å². The number of aliphatic imine (C=N–C) groups is 1. The lowest BCUT2D eigenvalue weighted by molar-refractivity contribution is -0.0886. The Labute approximate surface area is 161 Å². The van der Waals surface area contributed by atoms with Crippen molar-refractivity contribution < 1.29 is 22.5 Å². The molecule has 4 N–H and O–H groups in total. The van der Waals surface area contributed by atoms with Gasteiger partial charge in [-0.1, -0.05) is 24.3 Å². The Hall–Kier alpha value is -1.87. The maximum absolute atomic E-state index is 13.4. The van der Waals surface area contributed by atoms with Crippen LogP contribution in [0.3, 0.4) is 0 Å². The molecule has 0 spiro atoms. The Bertz CT molecular complexity index is 828. The Balaban J connectivity index is 1.89. The van der Waals surface area contributed by atoms with Crippen LogP contribution in [-0.2, 0) is 15.1 Å². The molecule has 7 nitrogen and oxygen atoms in total. The Kier molecular flexibility index (Phi) is 5.60. The van der Waals surface area contributed by atoms with Crippen LogP contribution in [0.4, 0.5) is 13.2 Å². The molecule has 0 amide bonds. The molecule has 11 heteroatoms. The summed E-state index contributed by atoms with van der Waals surface area (Å²) in [5.41, 5.74) is 8.55. The number of rotatable bonds is 4. The number of morpholine rings is 1. The average molecular weight is 417 g/mol. The Morgan fingerprint density at radius 3 is 2.39 bits per heavy atom. The number of nitrogens with two attached hydrogens (primary N) is 1. The number of halogens is 3. The Morgan fingerprint density at radius 1 is 1.25 bits per heavy atom. The van der Waals surface area contributed by atoms with E-state index in [1.165, 1.54) is 0 Å². The minimum absolute atomic E-state index is 0.271. The van der Waals surface area contributed by atoms with Gasteiger partial charge in [-0.15, -0.1) is 0 Å². The molecule has 0 bridgehead atoms. The zero-order valence-electron chi connectivity index (χ0n) is 15.6. The van der Waals surface area contributed by atoms with Crippen LogP contribution in [0.2, 0.25) is 0 Å². The van der Waals surface area contributed by atoms with Crippen LogP contribution in [0.15, 0.2) is 40.7 Å². The van der Waals surface area contributed by atoms with E-state index in [-0.39, 0.29) is 5.82 Å². The highest BCUT2D eigenvalue weighted by molar-refractivity contribution is 7.70. The summed E-state index contributed by atoms with van der Waals surface area (Å²) in [4.78, 5) is 3.93. The first-order valence-electron chi connectivity index (χ1n) is 8.68. The monoisotopic (exact) mass is 417 g/mol. The van der Waals surface area contributed by atoms with Gasteiger partial charge in [0.1, 0.15) is 18.5 Å². The van der Waals surface area contributed by atoms with Crippen molar-refractivity contribution in [1.82, 2.24) is 15.8 Å². The summed E-state index contributed by atoms with van der Waals surface area (Å²) in [5, 5.41) is 4.97. The molecule has 1 aromatic carbocycles. The molecule has 28 heavy (non-hydrogen) atoms. The minimum atomic E-state index is -4.60. The van der Waals surface area contributed by atoms with E-state index >= 15 is 0 Å². The molecule has 1 saturated heterocycles. The summed E-state index contributed by atoms with van der Waals surface area (Å²) in [6, 6.07) is 6.54. The second kappa shape index (κ2) is 7.51. The fourth-order valence-electron chi connectivity index (χ4n) is 2.88. The lowest BCUT2D eigenvalue weighted by Crippen LogP contribution is -2.57. The van der Waals surface area contributed by atoms with Gasteiger partial charge in [-0.05, 0) is 13.3 Å². The van der Waals surface area contributed by atoms with E-state index in [4.69, 9.17) is 10.5 Å². The van der Waals surface area contributed by atoms with Crippen molar-refractivity contribution in [2.45, 2.75) is 12.0 Å². The topological polar surface area (TPSA) is 92.0 Å². The quantitative estimate of drug-likeness (QED) is 0.640. The zero-order chi connectivity index (χ0) is 20.6. The number of nitrogens with one attached hydrogen (secondary N) is 2. The number of hydrogen-bond acceptors (Lipinski definition) is 7. The maximum atomic E-state index is 13.4. The van der Waals surface area contributed by atoms with Gasteiger partial charge in [-0.2, -0.15) is 13.2 Å². The molecule has 0 saturated carbocycles. The smallest absolute Gasteiger partial charge is 0.379 e. The van der Waals surface area contributed by atoms with Crippen molar-refractivity contribution in [2.75, 3.05) is 39.6 Å². The molecule has 154 valence electrons. The number of ether oxygens (including phenoxy) is 1. The molecular weight excluding hydrogens is 394 g/mol. The van der Waals surface area contributed by atoms with Gasteiger partial charge in [-0.3, -0.25) is 5.73 Å². The lowest BCUT2D eigenvalue weighted by Gasteiger charge is -2.37. The SMILES string of the molecule is CP(C)(=O)c1ccc(C2(N)N=CC(C(F)(F)F)=C(NN3CCOCC3)N2)cc1. The molecular formula is C17H23F3N5O2P. The third kappa shape index (κ3) is 4.57. The van der Waals surface area contributed by atoms with Crippen LogP contribution in [0.1, 0.15) is 5.56 Å².